The number of hydrogen-bond donors (Lipinski definition) is 4. The van der Waals surface area contributed by atoms with E-state index in [1.807, 2.05) is 5.43 Å². The summed E-state index contributed by atoms with van der Waals surface area (Å²) in [5.74, 6) is 3.94. The van der Waals surface area contributed by atoms with Crippen molar-refractivity contribution in [3.8, 4) is 0 Å². The van der Waals surface area contributed by atoms with E-state index in [2.05, 4.69) is 5.32 Å². The van der Waals surface area contributed by atoms with Crippen molar-refractivity contribution in [1.29, 1.82) is 0 Å². The number of rotatable bonds is 4. The molecule has 1 atom stereocenters. The lowest BCUT2D eigenvalue weighted by atomic mass is 9.92. The number of carboxylic acid groups (broad SMARTS) is 1. The number of nitrogens with two attached hydrogens (primary N) is 1. The lowest BCUT2D eigenvalue weighted by molar-refractivity contribution is -0.126. The van der Waals surface area contributed by atoms with Crippen molar-refractivity contribution < 1.29 is 19.1 Å². The van der Waals surface area contributed by atoms with Crippen LogP contribution in [-0.2, 0) is 11.2 Å². The molecule has 0 aliphatic heterocycles. The van der Waals surface area contributed by atoms with Gasteiger partial charge in [-0.05, 0) is 24.6 Å². The molecule has 5 N–H and O–H groups in total. The van der Waals surface area contributed by atoms with E-state index in [9.17, 15) is 14.0 Å². The number of nitrogens with one attached hydrogen (secondary N) is 2. The van der Waals surface area contributed by atoms with Gasteiger partial charge in [-0.15, -0.1) is 0 Å². The molecular weight excluding hydrogens is 241 g/mol. The zero-order valence-corrected chi connectivity index (χ0v) is 9.74. The summed E-state index contributed by atoms with van der Waals surface area (Å²) in [6.07, 6.45) is -1.29. The lowest BCUT2D eigenvalue weighted by Gasteiger charge is -2.27. The molecule has 0 heterocycles. The Morgan fingerprint density at radius 1 is 1.39 bits per heavy atom. The Morgan fingerprint density at radius 3 is 2.39 bits per heavy atom. The number of amides is 2. The van der Waals surface area contributed by atoms with Crippen LogP contribution in [-0.4, -0.2) is 22.6 Å². The molecule has 1 unspecified atom stereocenters. The summed E-state index contributed by atoms with van der Waals surface area (Å²) in [5.41, 5.74) is 1.09. The minimum atomic E-state index is -1.42. The summed E-state index contributed by atoms with van der Waals surface area (Å²) in [7, 11) is 0. The quantitative estimate of drug-likeness (QED) is 0.355. The Kier molecular flexibility index (Phi) is 4.22. The standard InChI is InChI=1S/C11H14FN3O3/c1-11(9(16)15-13,14-10(17)18)6-7-2-4-8(12)5-3-7/h2-5,14H,6,13H2,1H3,(H,15,16)(H,17,18). The third-order valence-corrected chi connectivity index (χ3v) is 2.49. The van der Waals surface area contributed by atoms with Crippen LogP contribution in [0.1, 0.15) is 12.5 Å². The fourth-order valence-corrected chi connectivity index (χ4v) is 1.59. The summed E-state index contributed by atoms with van der Waals surface area (Å²) in [5, 5.41) is 10.8. The topological polar surface area (TPSA) is 104 Å². The number of halogens is 1. The first-order valence-electron chi connectivity index (χ1n) is 5.14. The van der Waals surface area contributed by atoms with Crippen LogP contribution in [0, 0.1) is 5.82 Å². The highest BCUT2D eigenvalue weighted by atomic mass is 19.1. The fraction of sp³-hybridized carbons (Fsp3) is 0.273. The first-order valence-corrected chi connectivity index (χ1v) is 5.14. The summed E-state index contributed by atoms with van der Waals surface area (Å²) in [6.45, 7) is 1.40. The second-order valence-corrected chi connectivity index (χ2v) is 4.04. The predicted molar refractivity (Wildman–Crippen MR) is 62.0 cm³/mol. The van der Waals surface area contributed by atoms with Gasteiger partial charge in [0.25, 0.3) is 5.91 Å². The SMILES string of the molecule is CC(Cc1ccc(F)cc1)(NC(=O)O)C(=O)NN. The summed E-state index contributed by atoms with van der Waals surface area (Å²) in [4.78, 5) is 22.3. The van der Waals surface area contributed by atoms with E-state index < -0.39 is 23.4 Å². The van der Waals surface area contributed by atoms with Gasteiger partial charge < -0.3 is 10.4 Å². The molecular formula is C11H14FN3O3. The van der Waals surface area contributed by atoms with Gasteiger partial charge in [-0.25, -0.2) is 15.0 Å². The first kappa shape index (κ1) is 13.9. The van der Waals surface area contributed by atoms with E-state index in [-0.39, 0.29) is 6.42 Å². The van der Waals surface area contributed by atoms with Crippen LogP contribution < -0.4 is 16.6 Å². The smallest absolute Gasteiger partial charge is 0.405 e. The Morgan fingerprint density at radius 2 is 1.94 bits per heavy atom. The first-order chi connectivity index (χ1) is 8.37. The van der Waals surface area contributed by atoms with Crippen molar-refractivity contribution in [3.05, 3.63) is 35.6 Å². The minimum absolute atomic E-state index is 0.0581. The van der Waals surface area contributed by atoms with Crippen molar-refractivity contribution in [2.45, 2.75) is 18.9 Å². The zero-order valence-electron chi connectivity index (χ0n) is 9.74. The van der Waals surface area contributed by atoms with Gasteiger partial charge in [0.05, 0.1) is 0 Å². The van der Waals surface area contributed by atoms with Crippen LogP contribution in [0.3, 0.4) is 0 Å². The van der Waals surface area contributed by atoms with Crippen LogP contribution in [0.25, 0.3) is 0 Å². The third-order valence-electron chi connectivity index (χ3n) is 2.49. The fourth-order valence-electron chi connectivity index (χ4n) is 1.59. The molecule has 1 aromatic rings. The van der Waals surface area contributed by atoms with Gasteiger partial charge in [-0.2, -0.15) is 0 Å². The van der Waals surface area contributed by atoms with Gasteiger partial charge in [-0.1, -0.05) is 12.1 Å². The van der Waals surface area contributed by atoms with E-state index in [0.29, 0.717) is 5.56 Å². The van der Waals surface area contributed by atoms with Crippen molar-refractivity contribution in [2.24, 2.45) is 5.84 Å². The normalized spacial score (nSPS) is 13.5. The van der Waals surface area contributed by atoms with E-state index in [1.165, 1.54) is 31.2 Å². The van der Waals surface area contributed by atoms with E-state index >= 15 is 0 Å². The number of hydrazine groups is 1. The summed E-state index contributed by atoms with van der Waals surface area (Å²) >= 11 is 0. The molecule has 0 radical (unpaired) electrons. The number of carbonyl (C=O) groups is 2. The van der Waals surface area contributed by atoms with E-state index in [4.69, 9.17) is 10.9 Å². The molecule has 1 aromatic carbocycles. The Hall–Kier alpha value is -2.15. The van der Waals surface area contributed by atoms with Crippen molar-refractivity contribution in [1.82, 2.24) is 10.7 Å². The van der Waals surface area contributed by atoms with Gasteiger partial charge in [0.15, 0.2) is 0 Å². The molecule has 0 bridgehead atoms. The van der Waals surface area contributed by atoms with Crippen LogP contribution in [0.5, 0.6) is 0 Å². The lowest BCUT2D eigenvalue weighted by Crippen LogP contribution is -2.59. The summed E-state index contributed by atoms with van der Waals surface area (Å²) in [6, 6.07) is 5.41. The second kappa shape index (κ2) is 5.46. The van der Waals surface area contributed by atoms with E-state index in [0.717, 1.165) is 0 Å². The average molecular weight is 255 g/mol. The molecule has 0 aliphatic rings. The molecule has 0 spiro atoms. The maximum atomic E-state index is 12.7. The third kappa shape index (κ3) is 3.42. The van der Waals surface area contributed by atoms with Gasteiger partial charge >= 0.3 is 6.09 Å². The summed E-state index contributed by atoms with van der Waals surface area (Å²) < 4.78 is 12.7. The largest absolute Gasteiger partial charge is 0.465 e. The van der Waals surface area contributed by atoms with Gasteiger partial charge in [0.2, 0.25) is 0 Å². The molecule has 6 nitrogen and oxygen atoms in total. The monoisotopic (exact) mass is 255 g/mol. The van der Waals surface area contributed by atoms with Gasteiger partial charge in [0, 0.05) is 6.42 Å². The van der Waals surface area contributed by atoms with Crippen molar-refractivity contribution in [2.75, 3.05) is 0 Å². The van der Waals surface area contributed by atoms with Gasteiger partial charge in [-0.3, -0.25) is 10.2 Å². The van der Waals surface area contributed by atoms with Crippen molar-refractivity contribution >= 4 is 12.0 Å². The average Bonchev–Trinajstić information content (AvgIpc) is 2.30. The van der Waals surface area contributed by atoms with Crippen LogP contribution >= 0.6 is 0 Å². The van der Waals surface area contributed by atoms with Crippen LogP contribution in [0.2, 0.25) is 0 Å². The van der Waals surface area contributed by atoms with Crippen LogP contribution in [0.15, 0.2) is 24.3 Å². The maximum absolute atomic E-state index is 12.7. The zero-order chi connectivity index (χ0) is 13.8. The highest BCUT2D eigenvalue weighted by Crippen LogP contribution is 2.14. The van der Waals surface area contributed by atoms with E-state index in [1.54, 1.807) is 0 Å². The minimum Gasteiger partial charge on any atom is -0.465 e. The molecule has 0 fully saturated rings. The van der Waals surface area contributed by atoms with Crippen molar-refractivity contribution in [3.63, 3.8) is 0 Å². The highest BCUT2D eigenvalue weighted by Gasteiger charge is 2.34. The molecule has 7 heteroatoms. The molecule has 98 valence electrons. The molecule has 0 saturated carbocycles. The Balaban J connectivity index is 2.94. The Labute approximate surface area is 103 Å². The van der Waals surface area contributed by atoms with Gasteiger partial charge in [0.1, 0.15) is 11.4 Å². The molecule has 1 rings (SSSR count). The maximum Gasteiger partial charge on any atom is 0.405 e. The molecule has 0 aromatic heterocycles. The second-order valence-electron chi connectivity index (χ2n) is 4.04. The number of carbonyl (C=O) groups excluding carboxylic acids is 1. The molecule has 2 amide bonds. The predicted octanol–water partition coefficient (Wildman–Crippen LogP) is 0.384. The Bertz CT molecular complexity index is 449. The molecule has 0 saturated heterocycles. The highest BCUT2D eigenvalue weighted by molar-refractivity contribution is 5.89. The number of hydrogen-bond acceptors (Lipinski definition) is 3. The number of benzene rings is 1. The molecule has 0 aliphatic carbocycles. The molecule has 18 heavy (non-hydrogen) atoms. The van der Waals surface area contributed by atoms with Crippen LogP contribution in [0.4, 0.5) is 9.18 Å².